The fourth-order valence-corrected chi connectivity index (χ4v) is 31.1. The highest BCUT2D eigenvalue weighted by atomic mass is 28.4. The largest absolute Gasteiger partial charge is 0.324 e. The highest BCUT2D eigenvalue weighted by Gasteiger charge is 2.51. The Labute approximate surface area is 443 Å². The lowest BCUT2D eigenvalue weighted by atomic mass is 10.1. The summed E-state index contributed by atoms with van der Waals surface area (Å²) in [6, 6.07) is 124. The molecular weight excluding hydrogens is 957 g/mol. The van der Waals surface area contributed by atoms with Gasteiger partial charge >= 0.3 is 0 Å². The van der Waals surface area contributed by atoms with E-state index >= 15 is 0 Å². The van der Waals surface area contributed by atoms with E-state index in [0.717, 1.165) is 13.1 Å². The standard InChI is InChI=1S/C68H58N2Si4/c1-11-31-59(32-12-1)71(60-33-13-2-14-34-60)69(73(63-39-19-5-20-40-63,64-41-21-6-22-42-64)65-43-23-7-24-44-65)55-57-51-53-58(54-52-57)56-70(72(61-35-15-3-16-36-61)62-37-17-4-18-38-62)74(66-45-25-8-26-46-66,67-47-27-9-28-48-67)68-49-29-10-30-50-68/h1-54H,55-56H2. The van der Waals surface area contributed by atoms with Crippen LogP contribution in [0.25, 0.3) is 0 Å². The highest BCUT2D eigenvalue weighted by molar-refractivity contribution is 7.15. The first-order valence-corrected chi connectivity index (χ1v) is 32.5. The van der Waals surface area contributed by atoms with Crippen LogP contribution in [0, 0.1) is 0 Å². The summed E-state index contributed by atoms with van der Waals surface area (Å²) in [7, 11) is -9.40. The van der Waals surface area contributed by atoms with Gasteiger partial charge in [-0.1, -0.05) is 328 Å². The number of hydrogen-bond donors (Lipinski definition) is 0. The maximum Gasteiger partial charge on any atom is 0.219 e. The Balaban J connectivity index is 1.12. The molecule has 0 atom stereocenters. The lowest BCUT2D eigenvalue weighted by molar-refractivity contribution is 0.643. The Bertz CT molecular complexity index is 2910. The molecule has 0 aliphatic rings. The van der Waals surface area contributed by atoms with Crippen LogP contribution < -0.4 is 51.9 Å². The predicted octanol–water partition coefficient (Wildman–Crippen LogP) is 8.24. The topological polar surface area (TPSA) is 6.48 Å². The maximum atomic E-state index is 3.01. The van der Waals surface area contributed by atoms with Gasteiger partial charge in [0, 0.05) is 13.1 Å². The zero-order valence-electron chi connectivity index (χ0n) is 41.5. The molecule has 0 fully saturated rings. The molecule has 0 aliphatic heterocycles. The quantitative estimate of drug-likeness (QED) is 0.0632. The molecular formula is C68H58N2Si4. The molecule has 0 N–H and O–H groups in total. The second-order valence-corrected chi connectivity index (χ2v) is 31.8. The molecule has 74 heavy (non-hydrogen) atoms. The maximum absolute atomic E-state index is 3.05. The zero-order valence-corrected chi connectivity index (χ0v) is 45.5. The Morgan fingerprint density at radius 2 is 0.365 bits per heavy atom. The van der Waals surface area contributed by atoms with Crippen molar-refractivity contribution in [2.45, 2.75) is 13.1 Å². The van der Waals surface area contributed by atoms with Gasteiger partial charge in [0.15, 0.2) is 0 Å². The van der Waals surface area contributed by atoms with Crippen molar-refractivity contribution in [2.24, 2.45) is 0 Å². The summed E-state index contributed by atoms with van der Waals surface area (Å²) in [5.74, 6) is 0. The monoisotopic (exact) mass is 1010 g/mol. The van der Waals surface area contributed by atoms with Gasteiger partial charge in [-0.05, 0) is 63.0 Å². The molecule has 0 saturated heterocycles. The van der Waals surface area contributed by atoms with E-state index < -0.39 is 34.4 Å². The van der Waals surface area contributed by atoms with Crippen molar-refractivity contribution < 1.29 is 0 Å². The second kappa shape index (κ2) is 23.0. The number of benzene rings is 11. The van der Waals surface area contributed by atoms with Gasteiger partial charge in [0.2, 0.25) is 34.4 Å². The van der Waals surface area contributed by atoms with Crippen molar-refractivity contribution in [3.8, 4) is 0 Å². The zero-order chi connectivity index (χ0) is 49.8. The fraction of sp³-hybridized carbons (Fsp3) is 0.0294. The van der Waals surface area contributed by atoms with Gasteiger partial charge in [-0.3, -0.25) is 0 Å². The van der Waals surface area contributed by atoms with Crippen LogP contribution in [0.5, 0.6) is 0 Å². The van der Waals surface area contributed by atoms with E-state index in [2.05, 4.69) is 336 Å². The van der Waals surface area contributed by atoms with Crippen molar-refractivity contribution in [1.29, 1.82) is 0 Å². The SMILES string of the molecule is c1ccc([Si](c2ccccc2)N(Cc2ccc(CN([Si](c3ccccc3)c3ccccc3)[Si](c3ccccc3)(c3ccccc3)c3ccccc3)cc2)[Si](c2ccccc2)(c2ccccc2)c2ccccc2)cc1. The molecule has 0 saturated carbocycles. The van der Waals surface area contributed by atoms with Crippen LogP contribution in [0.15, 0.2) is 328 Å². The summed E-state index contributed by atoms with van der Waals surface area (Å²) >= 11 is 0. The number of hydrogen-bond acceptors (Lipinski definition) is 2. The summed E-state index contributed by atoms with van der Waals surface area (Å²) in [5.41, 5.74) is 2.59. The molecule has 11 rings (SSSR count). The first-order valence-electron chi connectivity index (χ1n) is 25.7. The van der Waals surface area contributed by atoms with E-state index in [1.54, 1.807) is 0 Å². The van der Waals surface area contributed by atoms with Crippen LogP contribution in [0.4, 0.5) is 0 Å². The second-order valence-electron chi connectivity index (χ2n) is 18.8. The lowest BCUT2D eigenvalue weighted by Crippen LogP contribution is -2.82. The third-order valence-corrected chi connectivity index (χ3v) is 31.6. The van der Waals surface area contributed by atoms with E-state index in [4.69, 9.17) is 0 Å². The lowest BCUT2D eigenvalue weighted by Gasteiger charge is -2.48. The van der Waals surface area contributed by atoms with E-state index in [0.29, 0.717) is 0 Å². The van der Waals surface area contributed by atoms with E-state index in [9.17, 15) is 0 Å². The van der Waals surface area contributed by atoms with Gasteiger partial charge in [0.05, 0.1) is 0 Å². The van der Waals surface area contributed by atoms with Crippen molar-refractivity contribution >= 4 is 86.3 Å². The minimum Gasteiger partial charge on any atom is -0.324 e. The minimum atomic E-state index is -3.05. The van der Waals surface area contributed by atoms with Crippen LogP contribution in [-0.4, -0.2) is 42.8 Å². The van der Waals surface area contributed by atoms with Crippen LogP contribution >= 0.6 is 0 Å². The third-order valence-electron chi connectivity index (χ3n) is 14.4. The first-order chi connectivity index (χ1) is 36.7. The van der Waals surface area contributed by atoms with Crippen LogP contribution in [-0.2, 0) is 13.1 Å². The molecule has 2 radical (unpaired) electrons. The van der Waals surface area contributed by atoms with E-state index in [1.807, 2.05) is 0 Å². The molecule has 11 aromatic rings. The summed E-state index contributed by atoms with van der Waals surface area (Å²) in [6.45, 7) is 1.51. The first kappa shape index (κ1) is 48.5. The number of rotatable bonds is 18. The molecule has 0 bridgehead atoms. The van der Waals surface area contributed by atoms with Crippen molar-refractivity contribution in [3.05, 3.63) is 339 Å². The van der Waals surface area contributed by atoms with Crippen LogP contribution in [0.3, 0.4) is 0 Å². The molecule has 0 aromatic heterocycles. The van der Waals surface area contributed by atoms with Crippen molar-refractivity contribution in [3.63, 3.8) is 0 Å². The average molecular weight is 1020 g/mol. The third kappa shape index (κ3) is 9.75. The summed E-state index contributed by atoms with van der Waals surface area (Å²) < 4.78 is 6.02. The Kier molecular flexibility index (Phi) is 15.0. The molecule has 6 heteroatoms. The Hall–Kier alpha value is -7.79. The summed E-state index contributed by atoms with van der Waals surface area (Å²) in [5, 5.41) is 13.7. The Morgan fingerprint density at radius 3 is 0.541 bits per heavy atom. The molecule has 0 aliphatic carbocycles. The minimum absolute atomic E-state index is 0.757. The molecule has 356 valence electrons. The van der Waals surface area contributed by atoms with Gasteiger partial charge in [-0.25, -0.2) is 0 Å². The average Bonchev–Trinajstić information content (AvgIpc) is 3.49. The number of nitrogens with zero attached hydrogens (tertiary/aromatic N) is 2. The molecule has 11 aromatic carbocycles. The molecule has 0 heterocycles. The van der Waals surface area contributed by atoms with Crippen LogP contribution in [0.1, 0.15) is 11.1 Å². The van der Waals surface area contributed by atoms with Gasteiger partial charge in [0.25, 0.3) is 0 Å². The van der Waals surface area contributed by atoms with Gasteiger partial charge < -0.3 is 8.46 Å². The van der Waals surface area contributed by atoms with Crippen molar-refractivity contribution in [1.82, 2.24) is 8.46 Å². The fourth-order valence-electron chi connectivity index (χ4n) is 11.2. The van der Waals surface area contributed by atoms with E-state index in [-0.39, 0.29) is 0 Å². The summed E-state index contributed by atoms with van der Waals surface area (Å²) in [4.78, 5) is 0. The van der Waals surface area contributed by atoms with Gasteiger partial charge in [-0.15, -0.1) is 0 Å². The summed E-state index contributed by atoms with van der Waals surface area (Å²) in [6.07, 6.45) is 0. The molecule has 0 spiro atoms. The molecule has 0 unspecified atom stereocenters. The molecule has 0 amide bonds. The van der Waals surface area contributed by atoms with Crippen LogP contribution in [0.2, 0.25) is 0 Å². The predicted molar refractivity (Wildman–Crippen MR) is 321 cm³/mol. The normalized spacial score (nSPS) is 11.8. The Morgan fingerprint density at radius 1 is 0.203 bits per heavy atom. The van der Waals surface area contributed by atoms with Crippen molar-refractivity contribution in [2.75, 3.05) is 0 Å². The van der Waals surface area contributed by atoms with E-state index in [1.165, 1.54) is 63.0 Å². The van der Waals surface area contributed by atoms with Gasteiger partial charge in [0.1, 0.15) is 0 Å². The smallest absolute Gasteiger partial charge is 0.219 e. The molecule has 2 nitrogen and oxygen atoms in total. The highest BCUT2D eigenvalue weighted by Crippen LogP contribution is 2.24. The van der Waals surface area contributed by atoms with Gasteiger partial charge in [-0.2, -0.15) is 0 Å².